The van der Waals surface area contributed by atoms with E-state index in [0.717, 1.165) is 0 Å². The normalized spacial score (nSPS) is 10.1. The van der Waals surface area contributed by atoms with E-state index >= 15 is 0 Å². The second-order valence-electron chi connectivity index (χ2n) is 3.53. The first-order chi connectivity index (χ1) is 8.99. The predicted octanol–water partition coefficient (Wildman–Crippen LogP) is 0.233. The highest BCUT2D eigenvalue weighted by molar-refractivity contribution is 6.39. The van der Waals surface area contributed by atoms with E-state index in [4.69, 9.17) is 10.2 Å². The average Bonchev–Trinajstić information content (AvgIpc) is 2.87. The van der Waals surface area contributed by atoms with Crippen LogP contribution in [0.1, 0.15) is 20.8 Å². The minimum atomic E-state index is -1.54. The standard InChI is InChI=1S/C11H7N3O5/c15-9(11(18)19)6-1-3-7(4-2-6)14-5-8(10(16)17)12-13-14/h1-5H,(H,16,17)(H,18,19). The highest BCUT2D eigenvalue weighted by Crippen LogP contribution is 2.10. The van der Waals surface area contributed by atoms with Gasteiger partial charge in [-0.1, -0.05) is 5.21 Å². The van der Waals surface area contributed by atoms with E-state index in [9.17, 15) is 14.4 Å². The molecule has 2 rings (SSSR count). The van der Waals surface area contributed by atoms with Crippen LogP contribution < -0.4 is 0 Å². The Morgan fingerprint density at radius 3 is 2.16 bits per heavy atom. The summed E-state index contributed by atoms with van der Waals surface area (Å²) in [5.41, 5.74) is 0.266. The van der Waals surface area contributed by atoms with Gasteiger partial charge in [0.1, 0.15) is 0 Å². The van der Waals surface area contributed by atoms with Gasteiger partial charge in [0.2, 0.25) is 0 Å². The van der Waals surface area contributed by atoms with Crippen molar-refractivity contribution in [3.63, 3.8) is 0 Å². The van der Waals surface area contributed by atoms with E-state index in [1.165, 1.54) is 35.1 Å². The lowest BCUT2D eigenvalue weighted by Crippen LogP contribution is -2.12. The molecule has 0 aliphatic carbocycles. The molecule has 0 radical (unpaired) electrons. The summed E-state index contributed by atoms with van der Waals surface area (Å²) in [6.07, 6.45) is 1.20. The molecule has 0 aliphatic heterocycles. The lowest BCUT2D eigenvalue weighted by molar-refractivity contribution is -0.131. The van der Waals surface area contributed by atoms with Crippen LogP contribution in [0.2, 0.25) is 0 Å². The third-order valence-electron chi connectivity index (χ3n) is 2.30. The number of aliphatic carboxylic acids is 1. The van der Waals surface area contributed by atoms with Gasteiger partial charge >= 0.3 is 11.9 Å². The zero-order chi connectivity index (χ0) is 14.0. The number of carbonyl (C=O) groups is 3. The van der Waals surface area contributed by atoms with Gasteiger partial charge in [0.05, 0.1) is 11.9 Å². The van der Waals surface area contributed by atoms with Crippen molar-refractivity contribution in [3.05, 3.63) is 41.7 Å². The SMILES string of the molecule is O=C(O)C(=O)c1ccc(-n2cc(C(=O)O)nn2)cc1. The largest absolute Gasteiger partial charge is 0.476 e. The van der Waals surface area contributed by atoms with Crippen molar-refractivity contribution in [3.8, 4) is 5.69 Å². The van der Waals surface area contributed by atoms with Crippen molar-refractivity contribution in [2.24, 2.45) is 0 Å². The fourth-order valence-electron chi connectivity index (χ4n) is 1.38. The van der Waals surface area contributed by atoms with E-state index in [0.29, 0.717) is 5.69 Å². The number of benzene rings is 1. The van der Waals surface area contributed by atoms with Gasteiger partial charge < -0.3 is 10.2 Å². The fourth-order valence-corrected chi connectivity index (χ4v) is 1.38. The summed E-state index contributed by atoms with van der Waals surface area (Å²) >= 11 is 0. The zero-order valence-corrected chi connectivity index (χ0v) is 9.35. The van der Waals surface area contributed by atoms with Gasteiger partial charge in [-0.15, -0.1) is 5.10 Å². The molecule has 0 atom stereocenters. The average molecular weight is 261 g/mol. The van der Waals surface area contributed by atoms with E-state index in [2.05, 4.69) is 10.3 Å². The fraction of sp³-hybridized carbons (Fsp3) is 0. The molecule has 2 N–H and O–H groups in total. The van der Waals surface area contributed by atoms with Gasteiger partial charge in [-0.2, -0.15) is 0 Å². The first-order valence-electron chi connectivity index (χ1n) is 5.03. The van der Waals surface area contributed by atoms with Crippen LogP contribution in [0.25, 0.3) is 5.69 Å². The van der Waals surface area contributed by atoms with Crippen LogP contribution in [-0.2, 0) is 4.79 Å². The molecule has 0 spiro atoms. The van der Waals surface area contributed by atoms with Gasteiger partial charge in [-0.3, -0.25) is 4.79 Å². The summed E-state index contributed by atoms with van der Waals surface area (Å²) in [4.78, 5) is 32.3. The summed E-state index contributed by atoms with van der Waals surface area (Å²) in [5.74, 6) is -3.76. The van der Waals surface area contributed by atoms with Crippen molar-refractivity contribution in [1.82, 2.24) is 15.0 Å². The number of aromatic nitrogens is 3. The van der Waals surface area contributed by atoms with Crippen molar-refractivity contribution in [2.75, 3.05) is 0 Å². The highest BCUT2D eigenvalue weighted by atomic mass is 16.4. The van der Waals surface area contributed by atoms with Crippen LogP contribution in [0.15, 0.2) is 30.5 Å². The Bertz CT molecular complexity index is 659. The molecule has 0 amide bonds. The summed E-state index contributed by atoms with van der Waals surface area (Å²) in [7, 11) is 0. The smallest absolute Gasteiger partial charge is 0.377 e. The third kappa shape index (κ3) is 2.46. The summed E-state index contributed by atoms with van der Waals surface area (Å²) in [5, 5.41) is 24.3. The first-order valence-corrected chi connectivity index (χ1v) is 5.03. The number of nitrogens with zero attached hydrogens (tertiary/aromatic N) is 3. The molecule has 0 bridgehead atoms. The van der Waals surface area contributed by atoms with E-state index in [1.807, 2.05) is 0 Å². The van der Waals surface area contributed by atoms with Crippen molar-refractivity contribution >= 4 is 17.7 Å². The minimum absolute atomic E-state index is 0.0230. The lowest BCUT2D eigenvalue weighted by atomic mass is 10.1. The van der Waals surface area contributed by atoms with Gasteiger partial charge in [0, 0.05) is 5.56 Å². The molecule has 96 valence electrons. The molecule has 2 aromatic rings. The lowest BCUT2D eigenvalue weighted by Gasteiger charge is -2.00. The molecule has 0 unspecified atom stereocenters. The van der Waals surface area contributed by atoms with E-state index in [-0.39, 0.29) is 11.3 Å². The second kappa shape index (κ2) is 4.69. The maximum atomic E-state index is 11.2. The summed E-state index contributed by atoms with van der Waals surface area (Å²) < 4.78 is 1.21. The molecular formula is C11H7N3O5. The number of hydrogen-bond donors (Lipinski definition) is 2. The van der Waals surface area contributed by atoms with Crippen LogP contribution in [0.5, 0.6) is 0 Å². The topological polar surface area (TPSA) is 122 Å². The number of carboxylic acid groups (broad SMARTS) is 2. The molecule has 8 nitrogen and oxygen atoms in total. The van der Waals surface area contributed by atoms with Crippen molar-refractivity contribution in [1.29, 1.82) is 0 Å². The minimum Gasteiger partial charge on any atom is -0.476 e. The molecule has 1 aromatic heterocycles. The van der Waals surface area contributed by atoms with Crippen molar-refractivity contribution in [2.45, 2.75) is 0 Å². The highest BCUT2D eigenvalue weighted by Gasteiger charge is 2.14. The van der Waals surface area contributed by atoms with Gasteiger partial charge in [-0.05, 0) is 24.3 Å². The van der Waals surface area contributed by atoms with E-state index < -0.39 is 17.7 Å². The number of Topliss-reactive ketones (excluding diaryl/α,β-unsaturated/α-hetero) is 1. The van der Waals surface area contributed by atoms with Crippen LogP contribution >= 0.6 is 0 Å². The molecule has 1 aromatic carbocycles. The number of carboxylic acids is 2. The Labute approximate surface area is 105 Å². The number of ketones is 1. The Balaban J connectivity index is 2.29. The molecule has 0 aliphatic rings. The number of carbonyl (C=O) groups excluding carboxylic acids is 1. The third-order valence-corrected chi connectivity index (χ3v) is 2.30. The van der Waals surface area contributed by atoms with Gasteiger partial charge in [0.15, 0.2) is 5.69 Å². The van der Waals surface area contributed by atoms with Crippen LogP contribution in [0.4, 0.5) is 0 Å². The Morgan fingerprint density at radius 2 is 1.68 bits per heavy atom. The zero-order valence-electron chi connectivity index (χ0n) is 9.35. The Morgan fingerprint density at radius 1 is 1.05 bits per heavy atom. The number of aromatic carboxylic acids is 1. The maximum Gasteiger partial charge on any atom is 0.377 e. The van der Waals surface area contributed by atoms with Crippen LogP contribution in [0.3, 0.4) is 0 Å². The number of rotatable bonds is 4. The number of hydrogen-bond acceptors (Lipinski definition) is 5. The molecule has 0 fully saturated rings. The molecule has 0 saturated heterocycles. The monoisotopic (exact) mass is 261 g/mol. The van der Waals surface area contributed by atoms with Gasteiger partial charge in [0.25, 0.3) is 5.78 Å². The quantitative estimate of drug-likeness (QED) is 0.596. The molecular weight excluding hydrogens is 254 g/mol. The van der Waals surface area contributed by atoms with Crippen molar-refractivity contribution < 1.29 is 24.6 Å². The van der Waals surface area contributed by atoms with Crippen LogP contribution in [0, 0.1) is 0 Å². The summed E-state index contributed by atoms with van der Waals surface area (Å²) in [6, 6.07) is 5.51. The first kappa shape index (κ1) is 12.4. The Kier molecular flexibility index (Phi) is 3.06. The predicted molar refractivity (Wildman–Crippen MR) is 60.3 cm³/mol. The maximum absolute atomic E-state index is 11.2. The Hall–Kier alpha value is -3.03. The molecule has 8 heteroatoms. The molecule has 0 saturated carbocycles. The second-order valence-corrected chi connectivity index (χ2v) is 3.53. The molecule has 19 heavy (non-hydrogen) atoms. The van der Waals surface area contributed by atoms with Gasteiger partial charge in [-0.25, -0.2) is 14.3 Å². The van der Waals surface area contributed by atoms with E-state index in [1.54, 1.807) is 0 Å². The summed E-state index contributed by atoms with van der Waals surface area (Å²) in [6.45, 7) is 0. The molecule has 1 heterocycles. The van der Waals surface area contributed by atoms with Crippen LogP contribution in [-0.4, -0.2) is 42.9 Å².